The topological polar surface area (TPSA) is 72.3 Å². The number of hydrogen-bond donors (Lipinski definition) is 1. The maximum absolute atomic E-state index is 10.7. The Morgan fingerprint density at radius 3 is 3.09 bits per heavy atom. The zero-order valence-corrected chi connectivity index (χ0v) is 6.54. The number of aliphatic hydroxyl groups is 1. The number of methoxy groups -OCH3 is 1. The fourth-order valence-corrected chi connectivity index (χ4v) is 0.996. The van der Waals surface area contributed by atoms with Crippen molar-refractivity contribution in [2.75, 3.05) is 7.11 Å². The van der Waals surface area contributed by atoms with Gasteiger partial charge < -0.3 is 9.84 Å². The molecule has 0 fully saturated rings. The summed E-state index contributed by atoms with van der Waals surface area (Å²) in [6.07, 6.45) is -1.31. The van der Waals surface area contributed by atoms with Gasteiger partial charge in [-0.15, -0.1) is 5.10 Å². The van der Waals surface area contributed by atoms with Crippen LogP contribution in [0, 0.1) is 0 Å². The molecule has 1 aromatic heterocycles. The average Bonchev–Trinajstić information content (AvgIpc) is 2.53. The number of nitrogens with zero attached hydrogens (tertiary/aromatic N) is 2. The maximum Gasteiger partial charge on any atom is 0.341 e. The second kappa shape index (κ2) is 3.40. The summed E-state index contributed by atoms with van der Waals surface area (Å²) < 4.78 is 7.77. The molecule has 0 spiro atoms. The normalized spacial score (nSPS) is 12.5. The molecule has 0 amide bonds. The van der Waals surface area contributed by atoms with E-state index in [9.17, 15) is 4.79 Å². The van der Waals surface area contributed by atoms with Crippen LogP contribution in [0.2, 0.25) is 0 Å². The van der Waals surface area contributed by atoms with Crippen LogP contribution in [-0.2, 0) is 9.53 Å². The maximum atomic E-state index is 10.7. The molecule has 0 aliphatic rings. The van der Waals surface area contributed by atoms with Crippen molar-refractivity contribution in [3.05, 3.63) is 11.1 Å². The van der Waals surface area contributed by atoms with Crippen molar-refractivity contribution in [3.8, 4) is 0 Å². The van der Waals surface area contributed by atoms with Crippen molar-refractivity contribution < 1.29 is 14.6 Å². The van der Waals surface area contributed by atoms with E-state index in [1.54, 1.807) is 0 Å². The van der Waals surface area contributed by atoms with Gasteiger partial charge in [0.15, 0.2) is 6.10 Å². The molecule has 1 unspecified atom stereocenters. The fourth-order valence-electron chi connectivity index (χ4n) is 0.523. The average molecular weight is 174 g/mol. The first-order valence-electron chi connectivity index (χ1n) is 2.78. The van der Waals surface area contributed by atoms with Gasteiger partial charge in [0.25, 0.3) is 0 Å². The van der Waals surface area contributed by atoms with E-state index in [0.29, 0.717) is 0 Å². The number of ether oxygens (including phenoxy) is 1. The van der Waals surface area contributed by atoms with Crippen LogP contribution in [0.5, 0.6) is 0 Å². The molecule has 0 bridgehead atoms. The Balaban J connectivity index is 2.70. The van der Waals surface area contributed by atoms with E-state index >= 15 is 0 Å². The third-order valence-corrected chi connectivity index (χ3v) is 1.60. The van der Waals surface area contributed by atoms with Gasteiger partial charge >= 0.3 is 5.97 Å². The second-order valence-electron chi connectivity index (χ2n) is 1.76. The highest BCUT2D eigenvalue weighted by molar-refractivity contribution is 7.03. The molecule has 11 heavy (non-hydrogen) atoms. The van der Waals surface area contributed by atoms with Gasteiger partial charge in [0, 0.05) is 5.38 Å². The van der Waals surface area contributed by atoms with Crippen molar-refractivity contribution in [2.45, 2.75) is 6.10 Å². The third-order valence-electron chi connectivity index (χ3n) is 1.08. The fraction of sp³-hybridized carbons (Fsp3) is 0.400. The lowest BCUT2D eigenvalue weighted by atomic mass is 10.3. The predicted molar refractivity (Wildman–Crippen MR) is 36.9 cm³/mol. The quantitative estimate of drug-likeness (QED) is 0.625. The molecule has 1 heterocycles. The van der Waals surface area contributed by atoms with Crippen LogP contribution in [0.25, 0.3) is 0 Å². The highest BCUT2D eigenvalue weighted by Crippen LogP contribution is 2.11. The van der Waals surface area contributed by atoms with E-state index < -0.39 is 12.1 Å². The summed E-state index contributed by atoms with van der Waals surface area (Å²) in [6.45, 7) is 0. The van der Waals surface area contributed by atoms with Crippen molar-refractivity contribution >= 4 is 17.5 Å². The summed E-state index contributed by atoms with van der Waals surface area (Å²) in [6, 6.07) is 0. The van der Waals surface area contributed by atoms with Crippen LogP contribution in [-0.4, -0.2) is 27.8 Å². The van der Waals surface area contributed by atoms with E-state index in [1.165, 1.54) is 12.5 Å². The number of hydrogen-bond acceptors (Lipinski definition) is 6. The smallest absolute Gasteiger partial charge is 0.341 e. The lowest BCUT2D eigenvalue weighted by Crippen LogP contribution is -2.13. The molecule has 0 aliphatic carbocycles. The van der Waals surface area contributed by atoms with E-state index in [1.807, 2.05) is 0 Å². The Kier molecular flexibility index (Phi) is 2.50. The molecular weight excluding hydrogens is 168 g/mol. The van der Waals surface area contributed by atoms with Gasteiger partial charge in [-0.1, -0.05) is 4.49 Å². The van der Waals surface area contributed by atoms with Gasteiger partial charge in [-0.2, -0.15) is 0 Å². The molecule has 1 rings (SSSR count). The second-order valence-corrected chi connectivity index (χ2v) is 2.37. The molecule has 0 aromatic carbocycles. The molecule has 6 heteroatoms. The summed E-state index contributed by atoms with van der Waals surface area (Å²) in [5.41, 5.74) is 0.224. The number of carbonyl (C=O) groups excluding carboxylic acids is 1. The first-order chi connectivity index (χ1) is 5.25. The van der Waals surface area contributed by atoms with Crippen molar-refractivity contribution in [1.82, 2.24) is 9.59 Å². The monoisotopic (exact) mass is 174 g/mol. The number of carbonyl (C=O) groups is 1. The summed E-state index contributed by atoms with van der Waals surface area (Å²) in [5.74, 6) is -0.724. The zero-order valence-electron chi connectivity index (χ0n) is 5.72. The first kappa shape index (κ1) is 8.09. The molecule has 60 valence electrons. The van der Waals surface area contributed by atoms with Crippen molar-refractivity contribution in [3.63, 3.8) is 0 Å². The number of esters is 1. The lowest BCUT2D eigenvalue weighted by Gasteiger charge is -2.02. The van der Waals surface area contributed by atoms with E-state index in [0.717, 1.165) is 11.5 Å². The Morgan fingerprint density at radius 2 is 2.64 bits per heavy atom. The molecule has 0 saturated carbocycles. The number of aromatic nitrogens is 2. The van der Waals surface area contributed by atoms with Crippen LogP contribution >= 0.6 is 11.5 Å². The minimum absolute atomic E-state index is 0.224. The van der Waals surface area contributed by atoms with Gasteiger partial charge in [-0.25, -0.2) is 4.79 Å². The Bertz CT molecular complexity index is 236. The molecule has 1 atom stereocenters. The van der Waals surface area contributed by atoms with Crippen LogP contribution in [0.1, 0.15) is 11.8 Å². The largest absolute Gasteiger partial charge is 0.467 e. The van der Waals surface area contributed by atoms with E-state index in [4.69, 9.17) is 5.11 Å². The van der Waals surface area contributed by atoms with Gasteiger partial charge in [0.1, 0.15) is 5.69 Å². The van der Waals surface area contributed by atoms with Gasteiger partial charge in [-0.3, -0.25) is 0 Å². The van der Waals surface area contributed by atoms with Crippen LogP contribution < -0.4 is 0 Å². The minimum atomic E-state index is -1.31. The molecular formula is C5H6N2O3S. The van der Waals surface area contributed by atoms with Crippen LogP contribution in [0.4, 0.5) is 0 Å². The van der Waals surface area contributed by atoms with Gasteiger partial charge in [-0.05, 0) is 11.5 Å². The molecule has 0 aliphatic heterocycles. The number of aliphatic hydroxyl groups excluding tert-OH is 1. The minimum Gasteiger partial charge on any atom is -0.467 e. The van der Waals surface area contributed by atoms with Crippen molar-refractivity contribution in [2.24, 2.45) is 0 Å². The zero-order chi connectivity index (χ0) is 8.27. The predicted octanol–water partition coefficient (Wildman–Crippen LogP) is -0.256. The van der Waals surface area contributed by atoms with Crippen molar-refractivity contribution in [1.29, 1.82) is 0 Å². The van der Waals surface area contributed by atoms with E-state index in [2.05, 4.69) is 14.3 Å². The summed E-state index contributed by atoms with van der Waals surface area (Å²) in [7, 11) is 1.20. The van der Waals surface area contributed by atoms with Crippen LogP contribution in [0.3, 0.4) is 0 Å². The lowest BCUT2D eigenvalue weighted by molar-refractivity contribution is -0.150. The van der Waals surface area contributed by atoms with Gasteiger partial charge in [0.05, 0.1) is 7.11 Å². The summed E-state index contributed by atoms with van der Waals surface area (Å²) >= 11 is 1.07. The Hall–Kier alpha value is -1.01. The van der Waals surface area contributed by atoms with Gasteiger partial charge in [0.2, 0.25) is 0 Å². The molecule has 0 saturated heterocycles. The molecule has 0 radical (unpaired) electrons. The summed E-state index contributed by atoms with van der Waals surface area (Å²) in [4.78, 5) is 10.7. The highest BCUT2D eigenvalue weighted by Gasteiger charge is 2.19. The highest BCUT2D eigenvalue weighted by atomic mass is 32.1. The first-order valence-corrected chi connectivity index (χ1v) is 3.62. The standard InChI is InChI=1S/C5H6N2O3S/c1-10-5(9)4(8)3-2-11-7-6-3/h2,4,8H,1H3. The molecule has 5 nitrogen and oxygen atoms in total. The number of rotatable bonds is 2. The van der Waals surface area contributed by atoms with E-state index in [-0.39, 0.29) is 5.69 Å². The SMILES string of the molecule is COC(=O)C(O)c1csnn1. The Morgan fingerprint density at radius 1 is 1.91 bits per heavy atom. The third kappa shape index (κ3) is 1.72. The Labute approximate surface area is 66.8 Å². The van der Waals surface area contributed by atoms with Crippen LogP contribution in [0.15, 0.2) is 5.38 Å². The molecule has 1 N–H and O–H groups in total. The molecule has 1 aromatic rings. The summed E-state index contributed by atoms with van der Waals surface area (Å²) in [5, 5.41) is 14.1.